The molecule has 1 aromatic rings. The monoisotopic (exact) mass is 390 g/mol. The summed E-state index contributed by atoms with van der Waals surface area (Å²) in [4.78, 5) is 26.7. The number of rotatable bonds is 6. The Kier molecular flexibility index (Phi) is 6.42. The smallest absolute Gasteiger partial charge is 0.227 e. The number of carbonyl (C=O) groups excluding carboxylic acids is 2. The van der Waals surface area contributed by atoms with Gasteiger partial charge >= 0.3 is 0 Å². The van der Waals surface area contributed by atoms with Crippen LogP contribution in [-0.2, 0) is 9.59 Å². The summed E-state index contributed by atoms with van der Waals surface area (Å²) in [5.41, 5.74) is 2.98. The van der Waals surface area contributed by atoms with Gasteiger partial charge in [-0.3, -0.25) is 9.59 Å². The number of benzene rings is 1. The fraction of sp³-hybridized carbons (Fsp3) is 0.524. The number of halogens is 1. The molecule has 146 valence electrons. The number of hydrogen-bond acceptors (Lipinski definition) is 3. The van der Waals surface area contributed by atoms with E-state index in [1.165, 1.54) is 18.4 Å². The molecule has 1 N–H and O–H groups in total. The quantitative estimate of drug-likeness (QED) is 0.746. The molecule has 2 aliphatic rings. The van der Waals surface area contributed by atoms with Gasteiger partial charge in [-0.1, -0.05) is 23.3 Å². The van der Waals surface area contributed by atoms with Crippen molar-refractivity contribution in [2.24, 2.45) is 5.92 Å². The van der Waals surface area contributed by atoms with Gasteiger partial charge in [-0.15, -0.1) is 0 Å². The Hall–Kier alpha value is -2.01. The van der Waals surface area contributed by atoms with Crippen LogP contribution in [0.1, 0.15) is 44.1 Å². The molecule has 0 spiro atoms. The zero-order valence-corrected chi connectivity index (χ0v) is 16.8. The number of amides is 2. The van der Waals surface area contributed by atoms with E-state index in [4.69, 9.17) is 16.3 Å². The van der Waals surface area contributed by atoms with Crippen molar-refractivity contribution in [3.05, 3.63) is 34.4 Å². The number of allylic oxidation sites excluding steroid dienone is 1. The molecule has 0 radical (unpaired) electrons. The molecule has 1 heterocycles. The second-order valence-corrected chi connectivity index (χ2v) is 7.74. The molecule has 5 nitrogen and oxygen atoms in total. The molecule has 1 unspecified atom stereocenters. The van der Waals surface area contributed by atoms with Crippen molar-refractivity contribution < 1.29 is 14.3 Å². The summed E-state index contributed by atoms with van der Waals surface area (Å²) in [5, 5.41) is 3.59. The van der Waals surface area contributed by atoms with Gasteiger partial charge in [0.15, 0.2) is 0 Å². The van der Waals surface area contributed by atoms with Gasteiger partial charge < -0.3 is 15.0 Å². The molecule has 0 saturated carbocycles. The van der Waals surface area contributed by atoms with Gasteiger partial charge in [-0.05, 0) is 50.7 Å². The molecular weight excluding hydrogens is 364 g/mol. The molecule has 0 bridgehead atoms. The lowest BCUT2D eigenvalue weighted by Crippen LogP contribution is -2.33. The van der Waals surface area contributed by atoms with Crippen LogP contribution in [0, 0.1) is 12.8 Å². The first kappa shape index (κ1) is 19.7. The molecule has 1 saturated heterocycles. The second-order valence-electron chi connectivity index (χ2n) is 7.33. The Balaban J connectivity index is 1.60. The summed E-state index contributed by atoms with van der Waals surface area (Å²) in [7, 11) is 1.55. The van der Waals surface area contributed by atoms with Crippen LogP contribution in [0.3, 0.4) is 0 Å². The number of methoxy groups -OCH3 is 1. The summed E-state index contributed by atoms with van der Waals surface area (Å²) in [6.45, 7) is 2.89. The molecule has 3 rings (SSSR count). The number of ether oxygens (including phenoxy) is 1. The fourth-order valence-corrected chi connectivity index (χ4v) is 3.91. The second kappa shape index (κ2) is 8.79. The van der Waals surface area contributed by atoms with Crippen molar-refractivity contribution in [3.8, 4) is 5.75 Å². The van der Waals surface area contributed by atoms with E-state index in [0.29, 0.717) is 29.5 Å². The topological polar surface area (TPSA) is 58.6 Å². The number of nitrogens with one attached hydrogen (secondary N) is 1. The lowest BCUT2D eigenvalue weighted by atomic mass is 9.97. The van der Waals surface area contributed by atoms with Gasteiger partial charge in [0.2, 0.25) is 11.8 Å². The Bertz CT molecular complexity index is 760. The van der Waals surface area contributed by atoms with E-state index in [9.17, 15) is 9.59 Å². The Morgan fingerprint density at radius 3 is 2.89 bits per heavy atom. The van der Waals surface area contributed by atoms with Crippen LogP contribution in [0.5, 0.6) is 5.75 Å². The van der Waals surface area contributed by atoms with Crippen molar-refractivity contribution in [2.75, 3.05) is 25.1 Å². The first-order valence-electron chi connectivity index (χ1n) is 9.59. The average Bonchev–Trinajstić information content (AvgIpc) is 3.06. The van der Waals surface area contributed by atoms with E-state index in [0.717, 1.165) is 24.8 Å². The van der Waals surface area contributed by atoms with Crippen LogP contribution < -0.4 is 15.0 Å². The third-order valence-corrected chi connectivity index (χ3v) is 5.78. The molecule has 6 heteroatoms. The van der Waals surface area contributed by atoms with E-state index in [1.807, 2.05) is 13.0 Å². The normalized spacial score (nSPS) is 19.8. The molecule has 27 heavy (non-hydrogen) atoms. The number of hydrogen-bond donors (Lipinski definition) is 1. The zero-order chi connectivity index (χ0) is 19.4. The predicted octanol–water partition coefficient (Wildman–Crippen LogP) is 4.02. The van der Waals surface area contributed by atoms with E-state index in [2.05, 4.69) is 11.4 Å². The molecule has 2 amide bonds. The van der Waals surface area contributed by atoms with Crippen molar-refractivity contribution >= 4 is 29.1 Å². The summed E-state index contributed by atoms with van der Waals surface area (Å²) in [5.74, 6) is 0.0971. The maximum Gasteiger partial charge on any atom is 0.227 e. The van der Waals surface area contributed by atoms with E-state index in [1.54, 1.807) is 18.1 Å². The van der Waals surface area contributed by atoms with Gasteiger partial charge in [0, 0.05) is 30.6 Å². The molecule has 0 aromatic heterocycles. The van der Waals surface area contributed by atoms with Crippen molar-refractivity contribution in [3.63, 3.8) is 0 Å². The highest BCUT2D eigenvalue weighted by molar-refractivity contribution is 6.31. The SMILES string of the molecule is COc1cc(Cl)c(C)cc1N1CC(C(=O)NCCC2=CCCCC2)CC1=O. The number of nitrogens with zero attached hydrogens (tertiary/aromatic N) is 1. The van der Waals surface area contributed by atoms with Crippen LogP contribution in [-0.4, -0.2) is 32.0 Å². The minimum absolute atomic E-state index is 0.0492. The maximum absolute atomic E-state index is 12.5. The van der Waals surface area contributed by atoms with Gasteiger partial charge in [-0.25, -0.2) is 0 Å². The summed E-state index contributed by atoms with van der Waals surface area (Å²) in [6, 6.07) is 3.56. The molecule has 1 atom stereocenters. The van der Waals surface area contributed by atoms with E-state index >= 15 is 0 Å². The highest BCUT2D eigenvalue weighted by Crippen LogP contribution is 2.37. The van der Waals surface area contributed by atoms with Crippen LogP contribution >= 0.6 is 11.6 Å². The fourth-order valence-electron chi connectivity index (χ4n) is 3.76. The standard InChI is InChI=1S/C21H27ClN2O3/c1-14-10-18(19(27-2)12-17(14)22)24-13-16(11-20(24)25)21(26)23-9-8-15-6-4-3-5-7-15/h6,10,12,16H,3-5,7-9,11,13H2,1-2H3,(H,23,26). The van der Waals surface area contributed by atoms with Gasteiger partial charge in [0.05, 0.1) is 18.7 Å². The van der Waals surface area contributed by atoms with Crippen LogP contribution in [0.15, 0.2) is 23.8 Å². The first-order chi connectivity index (χ1) is 13.0. The third kappa shape index (κ3) is 4.64. The minimum Gasteiger partial charge on any atom is -0.495 e. The summed E-state index contributed by atoms with van der Waals surface area (Å²) >= 11 is 6.16. The Labute approximate surface area is 165 Å². The lowest BCUT2D eigenvalue weighted by Gasteiger charge is -2.21. The zero-order valence-electron chi connectivity index (χ0n) is 16.0. The van der Waals surface area contributed by atoms with Crippen molar-refractivity contribution in [2.45, 2.75) is 45.4 Å². The van der Waals surface area contributed by atoms with Crippen molar-refractivity contribution in [1.82, 2.24) is 5.32 Å². The third-order valence-electron chi connectivity index (χ3n) is 5.38. The summed E-state index contributed by atoms with van der Waals surface area (Å²) in [6.07, 6.45) is 8.22. The number of aryl methyl sites for hydroxylation is 1. The van der Waals surface area contributed by atoms with Gasteiger partial charge in [-0.2, -0.15) is 0 Å². The average molecular weight is 391 g/mol. The van der Waals surface area contributed by atoms with Gasteiger partial charge in [0.1, 0.15) is 5.75 Å². The first-order valence-corrected chi connectivity index (χ1v) is 9.97. The lowest BCUT2D eigenvalue weighted by molar-refractivity contribution is -0.126. The number of anilines is 1. The highest BCUT2D eigenvalue weighted by Gasteiger charge is 2.36. The van der Waals surface area contributed by atoms with E-state index in [-0.39, 0.29) is 24.2 Å². The van der Waals surface area contributed by atoms with Crippen LogP contribution in [0.25, 0.3) is 0 Å². The molecule has 1 aromatic carbocycles. The maximum atomic E-state index is 12.5. The predicted molar refractivity (Wildman–Crippen MR) is 107 cm³/mol. The van der Waals surface area contributed by atoms with Crippen LogP contribution in [0.4, 0.5) is 5.69 Å². The minimum atomic E-state index is -0.335. The summed E-state index contributed by atoms with van der Waals surface area (Å²) < 4.78 is 5.38. The Morgan fingerprint density at radius 2 is 2.19 bits per heavy atom. The molecule has 1 aliphatic heterocycles. The number of carbonyl (C=O) groups is 2. The molecular formula is C21H27ClN2O3. The largest absolute Gasteiger partial charge is 0.495 e. The molecule has 1 fully saturated rings. The Morgan fingerprint density at radius 1 is 1.37 bits per heavy atom. The highest BCUT2D eigenvalue weighted by atomic mass is 35.5. The van der Waals surface area contributed by atoms with Gasteiger partial charge in [0.25, 0.3) is 0 Å². The van der Waals surface area contributed by atoms with E-state index < -0.39 is 0 Å². The molecule has 1 aliphatic carbocycles. The van der Waals surface area contributed by atoms with Crippen LogP contribution in [0.2, 0.25) is 5.02 Å². The van der Waals surface area contributed by atoms with Crippen molar-refractivity contribution in [1.29, 1.82) is 0 Å².